The van der Waals surface area contributed by atoms with Crippen LogP contribution in [0.5, 0.6) is 0 Å². The second-order valence-electron chi connectivity index (χ2n) is 2.05. The number of aromatic carboxylic acids is 1. The van der Waals surface area contributed by atoms with Gasteiger partial charge in [0.1, 0.15) is 0 Å². The summed E-state index contributed by atoms with van der Waals surface area (Å²) in [5.41, 5.74) is 0.257. The first kappa shape index (κ1) is 10.5. The summed E-state index contributed by atoms with van der Waals surface area (Å²) in [6.45, 7) is 0. The van der Waals surface area contributed by atoms with Crippen molar-refractivity contribution < 1.29 is 9.90 Å². The smallest absolute Gasteiger partial charge is 0.336 e. The number of carbonyl (C=O) groups is 1. The lowest BCUT2D eigenvalue weighted by molar-refractivity contribution is 0.0695. The number of rotatable bonds is 1. The fourth-order valence-electron chi connectivity index (χ4n) is 0.712. The van der Waals surface area contributed by atoms with Crippen molar-refractivity contribution in [3.8, 4) is 0 Å². The molecule has 0 unspecified atom stereocenters. The van der Waals surface area contributed by atoms with Crippen LogP contribution in [0.3, 0.4) is 0 Å². The van der Waals surface area contributed by atoms with Gasteiger partial charge in [-0.1, -0.05) is 11.6 Å². The highest BCUT2D eigenvalue weighted by Crippen LogP contribution is 2.25. The van der Waals surface area contributed by atoms with Crippen molar-refractivity contribution in [1.82, 2.24) is 0 Å². The third-order valence-corrected chi connectivity index (χ3v) is 3.63. The molecule has 1 rings (SSSR count). The summed E-state index contributed by atoms with van der Waals surface area (Å²) in [5.74, 6) is -0.945. The average Bonchev–Trinajstić information content (AvgIpc) is 1.96. The lowest BCUT2D eigenvalue weighted by Gasteiger charge is -2.01. The van der Waals surface area contributed by atoms with Crippen LogP contribution in [-0.2, 0) is 0 Å². The standard InChI is InChI=1S/C7H3ClI2O2/c8-5-2-3(9)1-4(6(5)10)7(11)12/h1-2H,(H,11,12). The van der Waals surface area contributed by atoms with Gasteiger partial charge < -0.3 is 5.11 Å². The number of carboxylic acids is 1. The van der Waals surface area contributed by atoms with Crippen LogP contribution in [-0.4, -0.2) is 11.1 Å². The maximum atomic E-state index is 10.7. The van der Waals surface area contributed by atoms with Crippen LogP contribution in [0.25, 0.3) is 0 Å². The lowest BCUT2D eigenvalue weighted by Crippen LogP contribution is -2.00. The van der Waals surface area contributed by atoms with Crippen molar-refractivity contribution in [2.24, 2.45) is 0 Å². The molecule has 1 N–H and O–H groups in total. The zero-order chi connectivity index (χ0) is 9.30. The lowest BCUT2D eigenvalue weighted by atomic mass is 10.2. The Morgan fingerprint density at radius 2 is 2.00 bits per heavy atom. The minimum absolute atomic E-state index is 0.257. The molecule has 0 aromatic heterocycles. The van der Waals surface area contributed by atoms with E-state index in [1.807, 2.05) is 45.2 Å². The van der Waals surface area contributed by atoms with Crippen molar-refractivity contribution in [2.45, 2.75) is 0 Å². The molecule has 12 heavy (non-hydrogen) atoms. The first-order valence-electron chi connectivity index (χ1n) is 2.90. The van der Waals surface area contributed by atoms with Crippen LogP contribution >= 0.6 is 56.8 Å². The summed E-state index contributed by atoms with van der Waals surface area (Å²) in [5, 5.41) is 9.23. The molecule has 0 atom stereocenters. The molecule has 0 saturated carbocycles. The van der Waals surface area contributed by atoms with Gasteiger partial charge in [-0.2, -0.15) is 0 Å². The largest absolute Gasteiger partial charge is 0.478 e. The molecule has 0 radical (unpaired) electrons. The summed E-state index contributed by atoms with van der Waals surface area (Å²) in [7, 11) is 0. The molecule has 1 aromatic carbocycles. The van der Waals surface area contributed by atoms with Crippen molar-refractivity contribution >= 4 is 62.8 Å². The maximum Gasteiger partial charge on any atom is 0.336 e. The van der Waals surface area contributed by atoms with Gasteiger partial charge in [0.05, 0.1) is 10.6 Å². The van der Waals surface area contributed by atoms with Gasteiger partial charge in [0, 0.05) is 7.14 Å². The van der Waals surface area contributed by atoms with Gasteiger partial charge in [-0.15, -0.1) is 0 Å². The predicted molar refractivity (Wildman–Crippen MR) is 63.8 cm³/mol. The zero-order valence-electron chi connectivity index (χ0n) is 5.64. The number of benzene rings is 1. The van der Waals surface area contributed by atoms with E-state index in [0.717, 1.165) is 3.57 Å². The van der Waals surface area contributed by atoms with Crippen molar-refractivity contribution in [3.05, 3.63) is 29.9 Å². The monoisotopic (exact) mass is 408 g/mol. The molecular formula is C7H3ClI2O2. The summed E-state index contributed by atoms with van der Waals surface area (Å²) >= 11 is 9.74. The first-order chi connectivity index (χ1) is 5.52. The Kier molecular flexibility index (Phi) is 3.59. The van der Waals surface area contributed by atoms with E-state index in [9.17, 15) is 4.79 Å². The third kappa shape index (κ3) is 2.23. The normalized spacial score (nSPS) is 9.92. The van der Waals surface area contributed by atoms with E-state index in [0.29, 0.717) is 8.59 Å². The van der Waals surface area contributed by atoms with Crippen LogP contribution in [0.15, 0.2) is 12.1 Å². The Morgan fingerprint density at radius 3 is 2.50 bits per heavy atom. The van der Waals surface area contributed by atoms with Crippen LogP contribution in [0.4, 0.5) is 0 Å². The Hall–Kier alpha value is 0.440. The molecule has 0 fully saturated rings. The van der Waals surface area contributed by atoms with Crippen molar-refractivity contribution in [1.29, 1.82) is 0 Å². The van der Waals surface area contributed by atoms with Crippen molar-refractivity contribution in [2.75, 3.05) is 0 Å². The highest BCUT2D eigenvalue weighted by molar-refractivity contribution is 14.1. The van der Waals surface area contributed by atoms with Gasteiger partial charge in [-0.3, -0.25) is 0 Å². The second kappa shape index (κ2) is 4.10. The SMILES string of the molecule is O=C(O)c1cc(I)cc(Cl)c1I. The highest BCUT2D eigenvalue weighted by Gasteiger charge is 2.11. The fourth-order valence-corrected chi connectivity index (χ4v) is 2.28. The second-order valence-corrected chi connectivity index (χ2v) is 4.79. The quantitative estimate of drug-likeness (QED) is 0.572. The van der Waals surface area contributed by atoms with E-state index in [4.69, 9.17) is 16.7 Å². The van der Waals surface area contributed by atoms with Gasteiger partial charge in [0.2, 0.25) is 0 Å². The minimum atomic E-state index is -0.945. The summed E-state index contributed by atoms with van der Waals surface area (Å²) < 4.78 is 1.41. The van der Waals surface area contributed by atoms with E-state index >= 15 is 0 Å². The van der Waals surface area contributed by atoms with Crippen LogP contribution in [0.1, 0.15) is 10.4 Å². The predicted octanol–water partition coefficient (Wildman–Crippen LogP) is 3.25. The van der Waals surface area contributed by atoms with Gasteiger partial charge in [-0.25, -0.2) is 4.79 Å². The molecule has 0 bridgehead atoms. The minimum Gasteiger partial charge on any atom is -0.478 e. The Bertz CT molecular complexity index is 338. The number of carboxylic acid groups (broad SMARTS) is 1. The summed E-state index contributed by atoms with van der Waals surface area (Å²) in [4.78, 5) is 10.7. The molecule has 0 spiro atoms. The average molecular weight is 408 g/mol. The van der Waals surface area contributed by atoms with Crippen LogP contribution in [0, 0.1) is 7.14 Å². The topological polar surface area (TPSA) is 37.3 Å². The first-order valence-corrected chi connectivity index (χ1v) is 5.43. The van der Waals surface area contributed by atoms with E-state index in [2.05, 4.69) is 0 Å². The summed E-state index contributed by atoms with van der Waals surface area (Å²) in [6, 6.07) is 3.33. The Balaban J connectivity index is 3.37. The molecule has 5 heteroatoms. The van der Waals surface area contributed by atoms with E-state index < -0.39 is 5.97 Å². The molecule has 0 aliphatic rings. The Morgan fingerprint density at radius 1 is 1.42 bits per heavy atom. The number of halogens is 3. The van der Waals surface area contributed by atoms with E-state index in [-0.39, 0.29) is 5.56 Å². The molecule has 1 aromatic rings. The molecule has 0 heterocycles. The molecule has 0 aliphatic heterocycles. The van der Waals surface area contributed by atoms with Gasteiger partial charge in [0.25, 0.3) is 0 Å². The van der Waals surface area contributed by atoms with Crippen LogP contribution in [0.2, 0.25) is 5.02 Å². The molecule has 0 amide bonds. The third-order valence-electron chi connectivity index (χ3n) is 1.22. The molecule has 2 nitrogen and oxygen atoms in total. The zero-order valence-corrected chi connectivity index (χ0v) is 10.7. The van der Waals surface area contributed by atoms with Gasteiger partial charge >= 0.3 is 5.97 Å². The molecule has 0 aliphatic carbocycles. The summed E-state index contributed by atoms with van der Waals surface area (Å²) in [6.07, 6.45) is 0. The number of hydrogen-bond acceptors (Lipinski definition) is 1. The highest BCUT2D eigenvalue weighted by atomic mass is 127. The van der Waals surface area contributed by atoms with E-state index in [1.54, 1.807) is 12.1 Å². The van der Waals surface area contributed by atoms with Gasteiger partial charge in [0.15, 0.2) is 0 Å². The van der Waals surface area contributed by atoms with E-state index in [1.165, 1.54) is 0 Å². The number of hydrogen-bond donors (Lipinski definition) is 1. The fraction of sp³-hybridized carbons (Fsp3) is 0. The van der Waals surface area contributed by atoms with Gasteiger partial charge in [-0.05, 0) is 57.3 Å². The molecule has 64 valence electrons. The molecule has 0 saturated heterocycles. The Labute approximate surface area is 102 Å². The maximum absolute atomic E-state index is 10.7. The van der Waals surface area contributed by atoms with Crippen molar-refractivity contribution in [3.63, 3.8) is 0 Å². The van der Waals surface area contributed by atoms with Crippen LogP contribution < -0.4 is 0 Å². The molecular weight excluding hydrogens is 405 g/mol.